The minimum absolute atomic E-state index is 0.180. The molecule has 1 aliphatic rings. The lowest BCUT2D eigenvalue weighted by molar-refractivity contribution is -0.135. The molecule has 0 spiro atoms. The van der Waals surface area contributed by atoms with Crippen molar-refractivity contribution >= 4 is 38.9 Å². The summed E-state index contributed by atoms with van der Waals surface area (Å²) in [7, 11) is -1.05. The van der Waals surface area contributed by atoms with E-state index in [9.17, 15) is 18.0 Å². The van der Waals surface area contributed by atoms with E-state index in [2.05, 4.69) is 5.32 Å². The van der Waals surface area contributed by atoms with E-state index in [1.807, 2.05) is 13.0 Å². The van der Waals surface area contributed by atoms with E-state index >= 15 is 0 Å². The molecular formula is C24H29ClN2O5S. The highest BCUT2D eigenvalue weighted by Crippen LogP contribution is 2.42. The molecule has 2 aromatic rings. The van der Waals surface area contributed by atoms with E-state index in [1.165, 1.54) is 19.1 Å². The van der Waals surface area contributed by atoms with Crippen LogP contribution in [0.25, 0.3) is 0 Å². The zero-order valence-corrected chi connectivity index (χ0v) is 20.8. The van der Waals surface area contributed by atoms with Gasteiger partial charge >= 0.3 is 0 Å². The molecule has 0 atom stereocenters. The summed E-state index contributed by atoms with van der Waals surface area (Å²) in [5, 5.41) is 3.10. The van der Waals surface area contributed by atoms with Gasteiger partial charge in [-0.15, -0.1) is 0 Å². The third-order valence-corrected chi connectivity index (χ3v) is 8.98. The van der Waals surface area contributed by atoms with Crippen molar-refractivity contribution < 1.29 is 22.7 Å². The van der Waals surface area contributed by atoms with Crippen LogP contribution in [0.2, 0.25) is 5.02 Å². The average molecular weight is 493 g/mol. The van der Waals surface area contributed by atoms with Crippen LogP contribution in [0.3, 0.4) is 0 Å². The normalized spacial score (nSPS) is 15.2. The Morgan fingerprint density at radius 2 is 1.79 bits per heavy atom. The molecule has 1 saturated carbocycles. The highest BCUT2D eigenvalue weighted by Gasteiger charge is 2.54. The second-order valence-electron chi connectivity index (χ2n) is 8.53. The minimum Gasteiger partial charge on any atom is -0.495 e. The van der Waals surface area contributed by atoms with Crippen molar-refractivity contribution in [3.63, 3.8) is 0 Å². The first-order valence-corrected chi connectivity index (χ1v) is 12.6. The largest absolute Gasteiger partial charge is 0.495 e. The van der Waals surface area contributed by atoms with E-state index in [0.29, 0.717) is 34.9 Å². The third-order valence-electron chi connectivity index (χ3n) is 6.11. The van der Waals surface area contributed by atoms with E-state index in [-0.39, 0.29) is 24.3 Å². The van der Waals surface area contributed by atoms with Crippen molar-refractivity contribution in [2.24, 2.45) is 0 Å². The number of benzene rings is 2. The molecule has 33 heavy (non-hydrogen) atoms. The van der Waals surface area contributed by atoms with Crippen molar-refractivity contribution in [1.29, 1.82) is 0 Å². The van der Waals surface area contributed by atoms with Gasteiger partial charge in [0.25, 0.3) is 0 Å². The number of nitrogens with zero attached hydrogens (tertiary/aromatic N) is 1. The predicted octanol–water partition coefficient (Wildman–Crippen LogP) is 4.15. The molecule has 1 N–H and O–H groups in total. The van der Waals surface area contributed by atoms with Crippen LogP contribution in [-0.4, -0.2) is 50.6 Å². The standard InChI is InChI=1S/C24H29ClN2O5S/c1-16-7-8-17(2)21(13-16)33(30,31)24(11-5-6-12-24)23(29)27(3)15-22(28)26-19-14-18(25)9-10-20(19)32-4/h7-10,13-14H,5-6,11-12,15H2,1-4H3,(H,26,28). The Morgan fingerprint density at radius 1 is 1.12 bits per heavy atom. The number of sulfone groups is 1. The average Bonchev–Trinajstić information content (AvgIpc) is 3.26. The lowest BCUT2D eigenvalue weighted by atomic mass is 10.1. The van der Waals surface area contributed by atoms with Crippen LogP contribution in [0.5, 0.6) is 5.75 Å². The van der Waals surface area contributed by atoms with Gasteiger partial charge in [-0.25, -0.2) is 8.42 Å². The molecule has 1 aliphatic carbocycles. The number of halogens is 1. The minimum atomic E-state index is -3.97. The summed E-state index contributed by atoms with van der Waals surface area (Å²) in [5.74, 6) is -0.621. The van der Waals surface area contributed by atoms with Crippen molar-refractivity contribution in [1.82, 2.24) is 4.90 Å². The number of amides is 2. The highest BCUT2D eigenvalue weighted by molar-refractivity contribution is 7.93. The molecule has 0 unspecified atom stereocenters. The molecule has 1 fully saturated rings. The second-order valence-corrected chi connectivity index (χ2v) is 11.2. The van der Waals surface area contributed by atoms with Gasteiger partial charge in [-0.1, -0.05) is 36.6 Å². The van der Waals surface area contributed by atoms with Crippen LogP contribution >= 0.6 is 11.6 Å². The first-order valence-electron chi connectivity index (χ1n) is 10.7. The fourth-order valence-corrected chi connectivity index (χ4v) is 6.99. The first kappa shape index (κ1) is 25.1. The van der Waals surface area contributed by atoms with Gasteiger partial charge in [0, 0.05) is 12.1 Å². The maximum atomic E-state index is 13.8. The number of anilines is 1. The zero-order chi connectivity index (χ0) is 24.4. The van der Waals surface area contributed by atoms with Crippen molar-refractivity contribution in [3.8, 4) is 5.75 Å². The topological polar surface area (TPSA) is 92.8 Å². The Balaban J connectivity index is 1.86. The number of hydrogen-bond acceptors (Lipinski definition) is 5. The van der Waals surface area contributed by atoms with E-state index in [4.69, 9.17) is 16.3 Å². The van der Waals surface area contributed by atoms with Crippen molar-refractivity contribution in [3.05, 3.63) is 52.5 Å². The predicted molar refractivity (Wildman–Crippen MR) is 129 cm³/mol. The summed E-state index contributed by atoms with van der Waals surface area (Å²) in [4.78, 5) is 27.6. The number of likely N-dealkylation sites (N-methyl/N-ethyl adjacent to an activating group) is 1. The van der Waals surface area contributed by atoms with Gasteiger partial charge in [0.2, 0.25) is 11.8 Å². The molecule has 0 radical (unpaired) electrons. The SMILES string of the molecule is COc1ccc(Cl)cc1NC(=O)CN(C)C(=O)C1(S(=O)(=O)c2cc(C)ccc2C)CCCC1. The second kappa shape index (κ2) is 9.73. The Kier molecular flexibility index (Phi) is 7.39. The molecule has 2 aromatic carbocycles. The van der Waals surface area contributed by atoms with Crippen molar-refractivity contribution in [2.45, 2.75) is 49.2 Å². The molecule has 7 nitrogen and oxygen atoms in total. The monoisotopic (exact) mass is 492 g/mol. The quantitative estimate of drug-likeness (QED) is 0.626. The lowest BCUT2D eigenvalue weighted by Crippen LogP contribution is -2.52. The van der Waals surface area contributed by atoms with Crippen molar-refractivity contribution in [2.75, 3.05) is 26.0 Å². The first-order chi connectivity index (χ1) is 15.5. The fraction of sp³-hybridized carbons (Fsp3) is 0.417. The third kappa shape index (κ3) is 4.87. The molecular weight excluding hydrogens is 464 g/mol. The summed E-state index contributed by atoms with van der Waals surface area (Å²) in [5.41, 5.74) is 1.78. The Morgan fingerprint density at radius 3 is 2.42 bits per heavy atom. The summed E-state index contributed by atoms with van der Waals surface area (Å²) >= 11 is 6.01. The van der Waals surface area contributed by atoms with Crippen LogP contribution in [0.15, 0.2) is 41.3 Å². The van der Waals surface area contributed by atoms with E-state index in [0.717, 1.165) is 5.56 Å². The molecule has 0 heterocycles. The number of carbonyl (C=O) groups excluding carboxylic acids is 2. The zero-order valence-electron chi connectivity index (χ0n) is 19.3. The van der Waals surface area contributed by atoms with Gasteiger partial charge in [-0.05, 0) is 62.1 Å². The number of nitrogens with one attached hydrogen (secondary N) is 1. The molecule has 0 saturated heterocycles. The van der Waals surface area contributed by atoms with E-state index < -0.39 is 26.4 Å². The molecule has 2 amide bonds. The summed E-state index contributed by atoms with van der Waals surface area (Å²) in [6.45, 7) is 3.25. The van der Waals surface area contributed by atoms with Crippen LogP contribution in [0, 0.1) is 13.8 Å². The van der Waals surface area contributed by atoms with Gasteiger partial charge in [-0.3, -0.25) is 9.59 Å². The molecule has 3 rings (SSSR count). The molecule has 0 bridgehead atoms. The van der Waals surface area contributed by atoms with Gasteiger partial charge < -0.3 is 15.0 Å². The molecule has 0 aromatic heterocycles. The number of rotatable bonds is 7. The lowest BCUT2D eigenvalue weighted by Gasteiger charge is -2.32. The Labute approximate surface area is 200 Å². The van der Waals surface area contributed by atoms with Crippen LogP contribution < -0.4 is 10.1 Å². The fourth-order valence-electron chi connectivity index (χ4n) is 4.35. The maximum Gasteiger partial charge on any atom is 0.244 e. The van der Waals surface area contributed by atoms with Crippen LogP contribution in [-0.2, 0) is 19.4 Å². The summed E-state index contributed by atoms with van der Waals surface area (Å²) in [6.07, 6.45) is 1.73. The molecule has 178 valence electrons. The van der Waals surface area contributed by atoms with Gasteiger partial charge in [0.05, 0.1) is 24.2 Å². The molecule has 9 heteroatoms. The van der Waals surface area contributed by atoms with Crippen LogP contribution in [0.4, 0.5) is 5.69 Å². The summed E-state index contributed by atoms with van der Waals surface area (Å²) < 4.78 is 31.2. The number of ether oxygens (including phenoxy) is 1. The van der Waals surface area contributed by atoms with Gasteiger partial charge in [0.1, 0.15) is 5.75 Å². The van der Waals surface area contributed by atoms with Crippen LogP contribution in [0.1, 0.15) is 36.8 Å². The number of aryl methyl sites for hydroxylation is 2. The summed E-state index contributed by atoms with van der Waals surface area (Å²) in [6, 6.07) is 10.0. The smallest absolute Gasteiger partial charge is 0.244 e. The van der Waals surface area contributed by atoms with Gasteiger partial charge in [-0.2, -0.15) is 0 Å². The maximum absolute atomic E-state index is 13.8. The number of methoxy groups -OCH3 is 1. The highest BCUT2D eigenvalue weighted by atomic mass is 35.5. The number of carbonyl (C=O) groups is 2. The molecule has 0 aliphatic heterocycles. The number of hydrogen-bond donors (Lipinski definition) is 1. The Hall–Kier alpha value is -2.58. The van der Waals surface area contributed by atoms with Gasteiger partial charge in [0.15, 0.2) is 14.6 Å². The van der Waals surface area contributed by atoms with E-state index in [1.54, 1.807) is 37.3 Å². The Bertz CT molecular complexity index is 1170.